The van der Waals surface area contributed by atoms with Gasteiger partial charge >= 0.3 is 0 Å². The lowest BCUT2D eigenvalue weighted by atomic mass is 10.2. The van der Waals surface area contributed by atoms with Gasteiger partial charge in [-0.25, -0.2) is 0 Å². The first-order valence-electron chi connectivity index (χ1n) is 8.03. The van der Waals surface area contributed by atoms with Crippen LogP contribution in [0, 0.1) is 10.1 Å². The maximum Gasteiger partial charge on any atom is 0.269 e. The number of nitrogens with zero attached hydrogens (tertiary/aromatic N) is 2. The van der Waals surface area contributed by atoms with Crippen LogP contribution in [-0.2, 0) is 9.59 Å². The summed E-state index contributed by atoms with van der Waals surface area (Å²) in [5.74, 6) is 0.686. The summed E-state index contributed by atoms with van der Waals surface area (Å²) in [6, 6.07) is 5.54. The van der Waals surface area contributed by atoms with Crippen LogP contribution in [0.1, 0.15) is 25.8 Å². The van der Waals surface area contributed by atoms with Gasteiger partial charge in [0.1, 0.15) is 6.04 Å². The summed E-state index contributed by atoms with van der Waals surface area (Å²) in [7, 11) is 0. The van der Waals surface area contributed by atoms with Crippen LogP contribution in [0.4, 0.5) is 5.69 Å². The van der Waals surface area contributed by atoms with E-state index in [1.807, 2.05) is 13.8 Å². The van der Waals surface area contributed by atoms with Crippen molar-refractivity contribution in [3.8, 4) is 0 Å². The van der Waals surface area contributed by atoms with Gasteiger partial charge in [-0.3, -0.25) is 19.7 Å². The first kappa shape index (κ1) is 19.0. The van der Waals surface area contributed by atoms with E-state index < -0.39 is 11.0 Å². The number of hydrogen-bond donors (Lipinski definition) is 1. The van der Waals surface area contributed by atoms with Crippen LogP contribution in [-0.4, -0.2) is 45.4 Å². The Bertz CT molecular complexity index is 675. The second kappa shape index (κ2) is 8.66. The molecule has 0 bridgehead atoms. The van der Waals surface area contributed by atoms with Crippen LogP contribution in [0.15, 0.2) is 30.3 Å². The number of thioether (sulfide) groups is 1. The molecule has 2 rings (SSSR count). The summed E-state index contributed by atoms with van der Waals surface area (Å²) in [6.07, 6.45) is 3.83. The highest BCUT2D eigenvalue weighted by molar-refractivity contribution is 7.99. The highest BCUT2D eigenvalue weighted by Crippen LogP contribution is 2.22. The van der Waals surface area contributed by atoms with Crippen molar-refractivity contribution in [3.05, 3.63) is 46.0 Å². The van der Waals surface area contributed by atoms with Crippen LogP contribution in [0.25, 0.3) is 6.08 Å². The fraction of sp³-hybridized carbons (Fsp3) is 0.412. The smallest absolute Gasteiger partial charge is 0.269 e. The molecule has 8 heteroatoms. The number of benzene rings is 1. The summed E-state index contributed by atoms with van der Waals surface area (Å²) in [6.45, 7) is 3.92. The molecule has 1 fully saturated rings. The summed E-state index contributed by atoms with van der Waals surface area (Å²) < 4.78 is 0. The van der Waals surface area contributed by atoms with E-state index in [-0.39, 0.29) is 23.5 Å². The largest absolute Gasteiger partial charge is 0.352 e. The van der Waals surface area contributed by atoms with Gasteiger partial charge in [0.15, 0.2) is 0 Å². The molecular weight excluding hydrogens is 342 g/mol. The van der Waals surface area contributed by atoms with Crippen LogP contribution in [0.2, 0.25) is 0 Å². The van der Waals surface area contributed by atoms with Gasteiger partial charge in [-0.2, -0.15) is 0 Å². The molecule has 0 aliphatic carbocycles. The van der Waals surface area contributed by atoms with E-state index in [1.165, 1.54) is 18.2 Å². The van der Waals surface area contributed by atoms with Crippen molar-refractivity contribution in [3.63, 3.8) is 0 Å². The summed E-state index contributed by atoms with van der Waals surface area (Å²) in [5.41, 5.74) is 0.688. The number of nitro benzene ring substituents is 1. The van der Waals surface area contributed by atoms with Crippen LogP contribution in [0.5, 0.6) is 0 Å². The molecule has 1 aliphatic rings. The molecule has 1 heterocycles. The topological polar surface area (TPSA) is 92.6 Å². The lowest BCUT2D eigenvalue weighted by Crippen LogP contribution is -2.48. The minimum atomic E-state index is -0.472. The van der Waals surface area contributed by atoms with Gasteiger partial charge in [-0.05, 0) is 37.1 Å². The van der Waals surface area contributed by atoms with E-state index in [0.717, 1.165) is 6.42 Å². The second-order valence-electron chi connectivity index (χ2n) is 5.82. The predicted molar refractivity (Wildman–Crippen MR) is 98.0 cm³/mol. The molecule has 134 valence electrons. The number of nitro groups is 1. The molecule has 2 unspecified atom stereocenters. The standard InChI is InChI=1S/C17H21N3O4S/c1-3-12(2)18-17(22)15-10-25-11-19(15)16(21)9-6-13-4-7-14(8-5-13)20(23)24/h4-9,12,15H,3,10-11H2,1-2H3,(H,18,22)/b9-6+. The number of carbonyl (C=O) groups excluding carboxylic acids is 2. The summed E-state index contributed by atoms with van der Waals surface area (Å²) in [4.78, 5) is 36.4. The molecule has 25 heavy (non-hydrogen) atoms. The Hall–Kier alpha value is -2.35. The Labute approximate surface area is 150 Å². The zero-order valence-corrected chi connectivity index (χ0v) is 15.0. The molecule has 1 aliphatic heterocycles. The Kier molecular flexibility index (Phi) is 6.58. The number of carbonyl (C=O) groups is 2. The van der Waals surface area contributed by atoms with Gasteiger partial charge in [0, 0.05) is 30.0 Å². The molecule has 1 N–H and O–H groups in total. The molecule has 0 spiro atoms. The molecule has 0 aromatic heterocycles. The average Bonchev–Trinajstić information content (AvgIpc) is 3.09. The zero-order chi connectivity index (χ0) is 18.4. The molecule has 1 aromatic carbocycles. The maximum atomic E-state index is 12.4. The predicted octanol–water partition coefficient (Wildman–Crippen LogP) is 2.42. The monoisotopic (exact) mass is 363 g/mol. The van der Waals surface area contributed by atoms with Crippen molar-refractivity contribution < 1.29 is 14.5 Å². The van der Waals surface area contributed by atoms with Gasteiger partial charge in [0.25, 0.3) is 5.69 Å². The molecule has 2 atom stereocenters. The van der Waals surface area contributed by atoms with Crippen molar-refractivity contribution in [2.24, 2.45) is 0 Å². The van der Waals surface area contributed by atoms with E-state index in [0.29, 0.717) is 17.2 Å². The summed E-state index contributed by atoms with van der Waals surface area (Å²) >= 11 is 1.54. The normalized spacial score (nSPS) is 18.3. The Morgan fingerprint density at radius 1 is 1.44 bits per heavy atom. The first-order chi connectivity index (χ1) is 11.9. The molecule has 2 amide bonds. The van der Waals surface area contributed by atoms with Gasteiger partial charge in [0.05, 0.1) is 10.8 Å². The highest BCUT2D eigenvalue weighted by Gasteiger charge is 2.33. The number of amides is 2. The molecular formula is C17H21N3O4S. The lowest BCUT2D eigenvalue weighted by Gasteiger charge is -2.23. The Morgan fingerprint density at radius 2 is 2.12 bits per heavy atom. The van der Waals surface area contributed by atoms with E-state index in [1.54, 1.807) is 34.9 Å². The van der Waals surface area contributed by atoms with Gasteiger partial charge in [-0.1, -0.05) is 6.92 Å². The minimum absolute atomic E-state index is 0.00111. The first-order valence-corrected chi connectivity index (χ1v) is 9.19. The molecule has 1 saturated heterocycles. The van der Waals surface area contributed by atoms with Crippen molar-refractivity contribution in [2.45, 2.75) is 32.4 Å². The number of nitrogens with one attached hydrogen (secondary N) is 1. The third kappa shape index (κ3) is 5.06. The van der Waals surface area contributed by atoms with Crippen molar-refractivity contribution in [2.75, 3.05) is 11.6 Å². The van der Waals surface area contributed by atoms with Gasteiger partial charge in [-0.15, -0.1) is 11.8 Å². The highest BCUT2D eigenvalue weighted by atomic mass is 32.2. The minimum Gasteiger partial charge on any atom is -0.352 e. The van der Waals surface area contributed by atoms with Crippen molar-refractivity contribution >= 4 is 35.3 Å². The number of hydrogen-bond acceptors (Lipinski definition) is 5. The van der Waals surface area contributed by atoms with Gasteiger partial charge < -0.3 is 10.2 Å². The average molecular weight is 363 g/mol. The fourth-order valence-corrected chi connectivity index (χ4v) is 3.45. The van der Waals surface area contributed by atoms with E-state index in [9.17, 15) is 19.7 Å². The maximum absolute atomic E-state index is 12.4. The Balaban J connectivity index is 2.01. The zero-order valence-electron chi connectivity index (χ0n) is 14.2. The molecule has 7 nitrogen and oxygen atoms in total. The van der Waals surface area contributed by atoms with Crippen molar-refractivity contribution in [1.82, 2.24) is 10.2 Å². The Morgan fingerprint density at radius 3 is 2.72 bits per heavy atom. The SMILES string of the molecule is CCC(C)NC(=O)C1CSCN1C(=O)/C=C/c1ccc([N+](=O)[O-])cc1. The van der Waals surface area contributed by atoms with Crippen LogP contribution < -0.4 is 5.32 Å². The lowest BCUT2D eigenvalue weighted by molar-refractivity contribution is -0.384. The molecule has 0 radical (unpaired) electrons. The van der Waals surface area contributed by atoms with E-state index in [4.69, 9.17) is 0 Å². The third-order valence-corrected chi connectivity index (χ3v) is 5.00. The van der Waals surface area contributed by atoms with E-state index in [2.05, 4.69) is 5.32 Å². The number of non-ortho nitro benzene ring substituents is 1. The fourth-order valence-electron chi connectivity index (χ4n) is 2.29. The second-order valence-corrected chi connectivity index (χ2v) is 6.82. The summed E-state index contributed by atoms with van der Waals surface area (Å²) in [5, 5.41) is 13.5. The molecule has 1 aromatic rings. The van der Waals surface area contributed by atoms with E-state index >= 15 is 0 Å². The number of rotatable bonds is 6. The van der Waals surface area contributed by atoms with Crippen molar-refractivity contribution in [1.29, 1.82) is 0 Å². The third-order valence-electron chi connectivity index (χ3n) is 3.99. The quantitative estimate of drug-likeness (QED) is 0.476. The van der Waals surface area contributed by atoms with Gasteiger partial charge in [0.2, 0.25) is 11.8 Å². The van der Waals surface area contributed by atoms with Crippen LogP contribution in [0.3, 0.4) is 0 Å². The molecule has 0 saturated carbocycles. The van der Waals surface area contributed by atoms with Crippen LogP contribution >= 0.6 is 11.8 Å².